The molecule has 0 aliphatic carbocycles. The van der Waals surface area contributed by atoms with Gasteiger partial charge in [0.15, 0.2) is 0 Å². The van der Waals surface area contributed by atoms with Crippen LogP contribution in [0, 0.1) is 12.8 Å². The molecule has 17 heavy (non-hydrogen) atoms. The van der Waals surface area contributed by atoms with Gasteiger partial charge in [0.25, 0.3) is 0 Å². The van der Waals surface area contributed by atoms with E-state index in [4.69, 9.17) is 22.2 Å². The summed E-state index contributed by atoms with van der Waals surface area (Å²) in [5.74, 6) is 6.08. The first-order valence-corrected chi connectivity index (χ1v) is 6.40. The van der Waals surface area contributed by atoms with Crippen molar-refractivity contribution in [2.75, 3.05) is 13.2 Å². The molecule has 3 nitrogen and oxygen atoms in total. The SMILES string of the molecule is Cc1ccc(C(NN)C2CCCOC2)c(Cl)c1. The number of nitrogens with two attached hydrogens (primary N) is 1. The summed E-state index contributed by atoms with van der Waals surface area (Å²) in [4.78, 5) is 0. The summed E-state index contributed by atoms with van der Waals surface area (Å²) >= 11 is 6.29. The molecule has 2 unspecified atom stereocenters. The number of benzene rings is 1. The number of rotatable bonds is 3. The van der Waals surface area contributed by atoms with Crippen LogP contribution < -0.4 is 11.3 Å². The Bertz CT molecular complexity index is 378. The Morgan fingerprint density at radius 3 is 2.94 bits per heavy atom. The van der Waals surface area contributed by atoms with Crippen LogP contribution in [0.4, 0.5) is 0 Å². The van der Waals surface area contributed by atoms with E-state index in [1.807, 2.05) is 13.0 Å². The van der Waals surface area contributed by atoms with Crippen molar-refractivity contribution in [3.63, 3.8) is 0 Å². The molecule has 1 aromatic carbocycles. The van der Waals surface area contributed by atoms with Gasteiger partial charge in [-0.05, 0) is 37.0 Å². The van der Waals surface area contributed by atoms with E-state index in [0.717, 1.165) is 42.2 Å². The molecule has 1 aliphatic rings. The standard InChI is InChI=1S/C13H19ClN2O/c1-9-4-5-11(12(14)7-9)13(16-15)10-3-2-6-17-8-10/h4-5,7,10,13,16H,2-3,6,8,15H2,1H3. The predicted octanol–water partition coefficient (Wildman–Crippen LogP) is 2.58. The first-order chi connectivity index (χ1) is 8.22. The number of hydrogen-bond donors (Lipinski definition) is 2. The quantitative estimate of drug-likeness (QED) is 0.644. The van der Waals surface area contributed by atoms with Crippen molar-refractivity contribution in [2.24, 2.45) is 11.8 Å². The molecular formula is C13H19ClN2O. The van der Waals surface area contributed by atoms with Gasteiger partial charge in [-0.1, -0.05) is 23.7 Å². The lowest BCUT2D eigenvalue weighted by Gasteiger charge is -2.30. The highest BCUT2D eigenvalue weighted by Gasteiger charge is 2.26. The summed E-state index contributed by atoms with van der Waals surface area (Å²) in [6.07, 6.45) is 2.21. The van der Waals surface area contributed by atoms with Crippen LogP contribution in [0.3, 0.4) is 0 Å². The van der Waals surface area contributed by atoms with Gasteiger partial charge in [-0.15, -0.1) is 0 Å². The molecule has 2 rings (SSSR count). The van der Waals surface area contributed by atoms with Crippen LogP contribution in [-0.4, -0.2) is 13.2 Å². The van der Waals surface area contributed by atoms with E-state index in [0.29, 0.717) is 5.92 Å². The predicted molar refractivity (Wildman–Crippen MR) is 69.8 cm³/mol. The van der Waals surface area contributed by atoms with Crippen LogP contribution in [0.2, 0.25) is 5.02 Å². The minimum atomic E-state index is 0.0726. The molecule has 0 saturated carbocycles. The van der Waals surface area contributed by atoms with Crippen molar-refractivity contribution in [1.82, 2.24) is 5.43 Å². The van der Waals surface area contributed by atoms with Gasteiger partial charge in [-0.25, -0.2) is 0 Å². The molecule has 0 spiro atoms. The average molecular weight is 255 g/mol. The zero-order valence-electron chi connectivity index (χ0n) is 10.1. The number of hydrogen-bond acceptors (Lipinski definition) is 3. The molecule has 94 valence electrons. The van der Waals surface area contributed by atoms with Gasteiger partial charge in [0, 0.05) is 17.5 Å². The first-order valence-electron chi connectivity index (χ1n) is 6.02. The second kappa shape index (κ2) is 5.83. The zero-order valence-corrected chi connectivity index (χ0v) is 10.8. The smallest absolute Gasteiger partial charge is 0.0524 e. The topological polar surface area (TPSA) is 47.3 Å². The summed E-state index contributed by atoms with van der Waals surface area (Å²) in [6.45, 7) is 3.64. The van der Waals surface area contributed by atoms with Crippen molar-refractivity contribution < 1.29 is 4.74 Å². The third-order valence-electron chi connectivity index (χ3n) is 3.34. The normalized spacial score (nSPS) is 22.4. The van der Waals surface area contributed by atoms with Gasteiger partial charge < -0.3 is 4.74 Å². The molecule has 1 saturated heterocycles. The lowest BCUT2D eigenvalue weighted by molar-refractivity contribution is 0.0390. The number of nitrogens with one attached hydrogen (secondary N) is 1. The highest BCUT2D eigenvalue weighted by atomic mass is 35.5. The van der Waals surface area contributed by atoms with E-state index in [2.05, 4.69) is 17.6 Å². The Hall–Kier alpha value is -0.610. The molecular weight excluding hydrogens is 236 g/mol. The number of aryl methyl sites for hydroxylation is 1. The minimum Gasteiger partial charge on any atom is -0.381 e. The van der Waals surface area contributed by atoms with E-state index < -0.39 is 0 Å². The Kier molecular flexibility index (Phi) is 4.40. The number of halogens is 1. The van der Waals surface area contributed by atoms with Gasteiger partial charge in [0.1, 0.15) is 0 Å². The highest BCUT2D eigenvalue weighted by molar-refractivity contribution is 6.31. The Morgan fingerprint density at radius 2 is 2.35 bits per heavy atom. The lowest BCUT2D eigenvalue weighted by Crippen LogP contribution is -2.37. The lowest BCUT2D eigenvalue weighted by atomic mass is 9.89. The summed E-state index contributed by atoms with van der Waals surface area (Å²) in [5.41, 5.74) is 5.11. The summed E-state index contributed by atoms with van der Waals surface area (Å²) in [5, 5.41) is 0.776. The molecule has 1 aromatic rings. The molecule has 1 fully saturated rings. The fraction of sp³-hybridized carbons (Fsp3) is 0.538. The van der Waals surface area contributed by atoms with Crippen molar-refractivity contribution in [3.8, 4) is 0 Å². The van der Waals surface area contributed by atoms with Gasteiger partial charge >= 0.3 is 0 Å². The second-order valence-corrected chi connectivity index (χ2v) is 5.05. The van der Waals surface area contributed by atoms with Crippen molar-refractivity contribution >= 4 is 11.6 Å². The molecule has 0 amide bonds. The third-order valence-corrected chi connectivity index (χ3v) is 3.66. The minimum absolute atomic E-state index is 0.0726. The molecule has 0 bridgehead atoms. The van der Waals surface area contributed by atoms with Gasteiger partial charge in [-0.2, -0.15) is 0 Å². The monoisotopic (exact) mass is 254 g/mol. The number of hydrazine groups is 1. The highest BCUT2D eigenvalue weighted by Crippen LogP contribution is 2.32. The van der Waals surface area contributed by atoms with E-state index >= 15 is 0 Å². The van der Waals surface area contributed by atoms with Gasteiger partial charge in [-0.3, -0.25) is 11.3 Å². The Balaban J connectivity index is 2.21. The summed E-state index contributed by atoms with van der Waals surface area (Å²) in [6, 6.07) is 6.17. The molecule has 3 N–H and O–H groups in total. The van der Waals surface area contributed by atoms with E-state index in [9.17, 15) is 0 Å². The summed E-state index contributed by atoms with van der Waals surface area (Å²) in [7, 11) is 0. The molecule has 4 heteroatoms. The molecule has 1 aliphatic heterocycles. The molecule has 1 heterocycles. The third kappa shape index (κ3) is 2.99. The van der Waals surface area contributed by atoms with Gasteiger partial charge in [0.2, 0.25) is 0 Å². The van der Waals surface area contributed by atoms with Crippen LogP contribution in [0.5, 0.6) is 0 Å². The van der Waals surface area contributed by atoms with Crippen molar-refractivity contribution in [1.29, 1.82) is 0 Å². The maximum Gasteiger partial charge on any atom is 0.0524 e. The van der Waals surface area contributed by atoms with E-state index in [1.54, 1.807) is 0 Å². The van der Waals surface area contributed by atoms with E-state index in [-0.39, 0.29) is 6.04 Å². The van der Waals surface area contributed by atoms with Crippen LogP contribution in [0.1, 0.15) is 30.0 Å². The van der Waals surface area contributed by atoms with E-state index in [1.165, 1.54) is 0 Å². The second-order valence-electron chi connectivity index (χ2n) is 4.65. The fourth-order valence-corrected chi connectivity index (χ4v) is 2.75. The maximum atomic E-state index is 6.29. The van der Waals surface area contributed by atoms with Crippen LogP contribution in [-0.2, 0) is 4.74 Å². The molecule has 2 atom stereocenters. The Labute approximate surface area is 107 Å². The summed E-state index contributed by atoms with van der Waals surface area (Å²) < 4.78 is 5.51. The Morgan fingerprint density at radius 1 is 1.53 bits per heavy atom. The van der Waals surface area contributed by atoms with Crippen molar-refractivity contribution in [2.45, 2.75) is 25.8 Å². The largest absolute Gasteiger partial charge is 0.381 e. The van der Waals surface area contributed by atoms with Crippen molar-refractivity contribution in [3.05, 3.63) is 34.3 Å². The molecule has 0 aromatic heterocycles. The van der Waals surface area contributed by atoms with Crippen LogP contribution in [0.25, 0.3) is 0 Å². The van der Waals surface area contributed by atoms with Gasteiger partial charge in [0.05, 0.1) is 12.6 Å². The zero-order chi connectivity index (χ0) is 12.3. The van der Waals surface area contributed by atoms with Crippen LogP contribution in [0.15, 0.2) is 18.2 Å². The maximum absolute atomic E-state index is 6.29. The fourth-order valence-electron chi connectivity index (χ4n) is 2.39. The van der Waals surface area contributed by atoms with Crippen LogP contribution >= 0.6 is 11.6 Å². The number of ether oxygens (including phenoxy) is 1. The molecule has 0 radical (unpaired) electrons. The first kappa shape index (κ1) is 12.8. The average Bonchev–Trinajstić information content (AvgIpc) is 2.34.